The molecule has 0 aliphatic rings. The Morgan fingerprint density at radius 2 is 2.33 bits per heavy atom. The van der Waals surface area contributed by atoms with Gasteiger partial charge in [-0.25, -0.2) is 0 Å². The van der Waals surface area contributed by atoms with Crippen molar-refractivity contribution in [3.63, 3.8) is 0 Å². The predicted molar refractivity (Wildman–Crippen MR) is 47.2 cm³/mol. The Balaban J connectivity index is 2.91. The van der Waals surface area contributed by atoms with E-state index in [1.54, 1.807) is 7.11 Å². The van der Waals surface area contributed by atoms with Crippen LogP contribution >= 0.6 is 0 Å². The Bertz CT molecular complexity index is 257. The molecule has 1 aromatic rings. The SMILES string of the molecule is CN[C@@H](C)c1cc(OC)nn1C. The number of nitrogens with zero attached hydrogens (tertiary/aromatic N) is 2. The highest BCUT2D eigenvalue weighted by Crippen LogP contribution is 2.16. The lowest BCUT2D eigenvalue weighted by Crippen LogP contribution is -2.15. The summed E-state index contributed by atoms with van der Waals surface area (Å²) in [7, 11) is 5.45. The number of aryl methyl sites for hydroxylation is 1. The first-order chi connectivity index (χ1) is 5.69. The van der Waals surface area contributed by atoms with Crippen molar-refractivity contribution < 1.29 is 4.74 Å². The summed E-state index contributed by atoms with van der Waals surface area (Å²) in [4.78, 5) is 0. The summed E-state index contributed by atoms with van der Waals surface area (Å²) in [5, 5.41) is 7.30. The molecule has 68 valence electrons. The molecule has 1 atom stereocenters. The minimum Gasteiger partial charge on any atom is -0.480 e. The minimum absolute atomic E-state index is 0.298. The molecule has 1 aromatic heterocycles. The quantitative estimate of drug-likeness (QED) is 0.724. The first-order valence-electron chi connectivity index (χ1n) is 3.94. The van der Waals surface area contributed by atoms with Crippen LogP contribution in [0.15, 0.2) is 6.07 Å². The van der Waals surface area contributed by atoms with Gasteiger partial charge in [-0.2, -0.15) is 0 Å². The third-order valence-electron chi connectivity index (χ3n) is 1.98. The van der Waals surface area contributed by atoms with E-state index < -0.39 is 0 Å². The molecular formula is C8H15N3O. The molecule has 0 saturated carbocycles. The van der Waals surface area contributed by atoms with Gasteiger partial charge in [0.25, 0.3) is 0 Å². The summed E-state index contributed by atoms with van der Waals surface area (Å²) in [6.45, 7) is 2.08. The largest absolute Gasteiger partial charge is 0.480 e. The van der Waals surface area contributed by atoms with Crippen molar-refractivity contribution in [3.8, 4) is 5.88 Å². The number of ether oxygens (including phenoxy) is 1. The molecule has 0 unspecified atom stereocenters. The normalized spacial score (nSPS) is 13.0. The van der Waals surface area contributed by atoms with E-state index in [0.717, 1.165) is 5.69 Å². The molecule has 1 heterocycles. The average molecular weight is 169 g/mol. The Morgan fingerprint density at radius 3 is 2.75 bits per heavy atom. The molecule has 12 heavy (non-hydrogen) atoms. The van der Waals surface area contributed by atoms with Gasteiger partial charge in [-0.3, -0.25) is 4.68 Å². The fraction of sp³-hybridized carbons (Fsp3) is 0.625. The smallest absolute Gasteiger partial charge is 0.232 e. The van der Waals surface area contributed by atoms with Crippen molar-refractivity contribution in [3.05, 3.63) is 11.8 Å². The molecule has 1 N–H and O–H groups in total. The van der Waals surface area contributed by atoms with Crippen LogP contribution in [-0.4, -0.2) is 23.9 Å². The van der Waals surface area contributed by atoms with Crippen LogP contribution in [-0.2, 0) is 7.05 Å². The highest BCUT2D eigenvalue weighted by molar-refractivity contribution is 5.17. The highest BCUT2D eigenvalue weighted by Gasteiger charge is 2.09. The van der Waals surface area contributed by atoms with Crippen molar-refractivity contribution in [2.45, 2.75) is 13.0 Å². The van der Waals surface area contributed by atoms with E-state index in [1.807, 2.05) is 24.8 Å². The van der Waals surface area contributed by atoms with Crippen LogP contribution in [0.3, 0.4) is 0 Å². The van der Waals surface area contributed by atoms with Gasteiger partial charge in [-0.05, 0) is 14.0 Å². The summed E-state index contributed by atoms with van der Waals surface area (Å²) in [6, 6.07) is 2.23. The summed E-state index contributed by atoms with van der Waals surface area (Å²) in [5.74, 6) is 0.662. The van der Waals surface area contributed by atoms with Gasteiger partial charge in [0.2, 0.25) is 5.88 Å². The number of rotatable bonds is 3. The van der Waals surface area contributed by atoms with Gasteiger partial charge in [0.1, 0.15) is 0 Å². The van der Waals surface area contributed by atoms with E-state index >= 15 is 0 Å². The lowest BCUT2D eigenvalue weighted by Gasteiger charge is -2.08. The zero-order valence-corrected chi connectivity index (χ0v) is 7.96. The van der Waals surface area contributed by atoms with Crippen LogP contribution in [0, 0.1) is 0 Å². The zero-order chi connectivity index (χ0) is 9.14. The zero-order valence-electron chi connectivity index (χ0n) is 7.96. The van der Waals surface area contributed by atoms with Gasteiger partial charge in [0.05, 0.1) is 12.8 Å². The van der Waals surface area contributed by atoms with Crippen LogP contribution in [0.2, 0.25) is 0 Å². The van der Waals surface area contributed by atoms with Crippen molar-refractivity contribution in [2.75, 3.05) is 14.2 Å². The van der Waals surface area contributed by atoms with Crippen molar-refractivity contribution in [2.24, 2.45) is 7.05 Å². The molecule has 0 aliphatic carbocycles. The third-order valence-corrected chi connectivity index (χ3v) is 1.98. The number of nitrogens with one attached hydrogen (secondary N) is 1. The monoisotopic (exact) mass is 169 g/mol. The maximum absolute atomic E-state index is 5.01. The fourth-order valence-corrected chi connectivity index (χ4v) is 1.11. The summed E-state index contributed by atoms with van der Waals surface area (Å²) in [5.41, 5.74) is 1.12. The molecule has 0 saturated heterocycles. The maximum Gasteiger partial charge on any atom is 0.232 e. The second kappa shape index (κ2) is 3.58. The Labute approximate surface area is 72.5 Å². The fourth-order valence-electron chi connectivity index (χ4n) is 1.11. The van der Waals surface area contributed by atoms with Gasteiger partial charge < -0.3 is 10.1 Å². The first kappa shape index (κ1) is 9.06. The highest BCUT2D eigenvalue weighted by atomic mass is 16.5. The van der Waals surface area contributed by atoms with Crippen LogP contribution in [0.25, 0.3) is 0 Å². The van der Waals surface area contributed by atoms with Crippen LogP contribution in [0.1, 0.15) is 18.7 Å². The standard InChI is InChI=1S/C8H15N3O/c1-6(9-2)7-5-8(12-4)10-11(7)3/h5-6,9H,1-4H3/t6-/m0/s1. The molecule has 0 spiro atoms. The van der Waals surface area contributed by atoms with E-state index in [0.29, 0.717) is 11.9 Å². The Morgan fingerprint density at radius 1 is 1.67 bits per heavy atom. The lowest BCUT2D eigenvalue weighted by molar-refractivity contribution is 0.391. The van der Waals surface area contributed by atoms with Gasteiger partial charge in [0, 0.05) is 19.2 Å². The number of aromatic nitrogens is 2. The first-order valence-corrected chi connectivity index (χ1v) is 3.94. The van der Waals surface area contributed by atoms with Crippen LogP contribution < -0.4 is 10.1 Å². The maximum atomic E-state index is 5.01. The lowest BCUT2D eigenvalue weighted by atomic mass is 10.2. The molecule has 1 rings (SSSR count). The molecule has 0 radical (unpaired) electrons. The number of hydrogen-bond acceptors (Lipinski definition) is 3. The molecular weight excluding hydrogens is 154 g/mol. The molecule has 0 amide bonds. The third kappa shape index (κ3) is 1.58. The van der Waals surface area contributed by atoms with Gasteiger partial charge in [-0.15, -0.1) is 5.10 Å². The van der Waals surface area contributed by atoms with Gasteiger partial charge in [0.15, 0.2) is 0 Å². The number of methoxy groups -OCH3 is 1. The van der Waals surface area contributed by atoms with Crippen LogP contribution in [0.4, 0.5) is 0 Å². The topological polar surface area (TPSA) is 39.1 Å². The van der Waals surface area contributed by atoms with Crippen molar-refractivity contribution in [1.82, 2.24) is 15.1 Å². The van der Waals surface area contributed by atoms with E-state index in [4.69, 9.17) is 4.74 Å². The second-order valence-corrected chi connectivity index (χ2v) is 2.75. The molecule has 4 nitrogen and oxygen atoms in total. The Hall–Kier alpha value is -1.03. The van der Waals surface area contributed by atoms with Crippen molar-refractivity contribution >= 4 is 0 Å². The van der Waals surface area contributed by atoms with E-state index in [2.05, 4.69) is 17.3 Å². The average Bonchev–Trinajstić information content (AvgIpc) is 2.45. The van der Waals surface area contributed by atoms with Crippen molar-refractivity contribution in [1.29, 1.82) is 0 Å². The predicted octanol–water partition coefficient (Wildman–Crippen LogP) is 0.709. The molecule has 4 heteroatoms. The summed E-state index contributed by atoms with van der Waals surface area (Å²) >= 11 is 0. The van der Waals surface area contributed by atoms with Crippen LogP contribution in [0.5, 0.6) is 5.88 Å². The Kier molecular flexibility index (Phi) is 2.70. The minimum atomic E-state index is 0.298. The molecule has 0 aromatic carbocycles. The number of hydrogen-bond donors (Lipinski definition) is 1. The summed E-state index contributed by atoms with van der Waals surface area (Å²) in [6.07, 6.45) is 0. The van der Waals surface area contributed by atoms with E-state index in [1.165, 1.54) is 0 Å². The van der Waals surface area contributed by atoms with E-state index in [-0.39, 0.29) is 0 Å². The van der Waals surface area contributed by atoms with Gasteiger partial charge in [-0.1, -0.05) is 0 Å². The van der Waals surface area contributed by atoms with E-state index in [9.17, 15) is 0 Å². The molecule has 0 aliphatic heterocycles. The molecule has 0 fully saturated rings. The van der Waals surface area contributed by atoms with Gasteiger partial charge >= 0.3 is 0 Å². The summed E-state index contributed by atoms with van der Waals surface area (Å²) < 4.78 is 6.83. The second-order valence-electron chi connectivity index (χ2n) is 2.75. The molecule has 0 bridgehead atoms.